The van der Waals surface area contributed by atoms with Crippen LogP contribution in [0.2, 0.25) is 0 Å². The molecule has 0 amide bonds. The minimum Gasteiger partial charge on any atom is -0.504 e. The van der Waals surface area contributed by atoms with Crippen molar-refractivity contribution in [1.29, 1.82) is 0 Å². The lowest BCUT2D eigenvalue weighted by atomic mass is 9.96. The van der Waals surface area contributed by atoms with Gasteiger partial charge in [-0.05, 0) is 24.8 Å². The predicted octanol–water partition coefficient (Wildman–Crippen LogP) is 2.86. The van der Waals surface area contributed by atoms with Crippen LogP contribution in [-0.4, -0.2) is 21.4 Å². The fourth-order valence-corrected chi connectivity index (χ4v) is 2.79. The topological polar surface area (TPSA) is 72.7 Å². The van der Waals surface area contributed by atoms with Crippen molar-refractivity contribution in [2.24, 2.45) is 5.92 Å². The fraction of sp³-hybridized carbons (Fsp3) is 0.600. The number of phenolic OH excluding ortho intramolecular Hbond substituents is 3. The van der Waals surface area contributed by atoms with Gasteiger partial charge in [0.2, 0.25) is 5.75 Å². The largest absolute Gasteiger partial charge is 0.504 e. The normalized spacial score (nSPS) is 24.1. The Morgan fingerprint density at radius 3 is 2.58 bits per heavy atom. The molecular weight excluding hydrogens is 242 g/mol. The van der Waals surface area contributed by atoms with Crippen molar-refractivity contribution in [3.63, 3.8) is 0 Å². The Morgan fingerprint density at radius 1 is 1.05 bits per heavy atom. The van der Waals surface area contributed by atoms with Crippen LogP contribution < -0.4 is 5.32 Å². The number of aromatic hydroxyl groups is 3. The van der Waals surface area contributed by atoms with Crippen molar-refractivity contribution < 1.29 is 15.3 Å². The number of phenols is 3. The fourth-order valence-electron chi connectivity index (χ4n) is 2.79. The molecule has 0 radical (unpaired) electrons. The van der Waals surface area contributed by atoms with E-state index in [1.807, 2.05) is 0 Å². The smallest absolute Gasteiger partial charge is 0.200 e. The lowest BCUT2D eigenvalue weighted by Gasteiger charge is -2.23. The molecule has 2 rings (SSSR count). The molecule has 1 aliphatic rings. The summed E-state index contributed by atoms with van der Waals surface area (Å²) in [5.74, 6) is -0.318. The van der Waals surface area contributed by atoms with Gasteiger partial charge in [0.1, 0.15) is 0 Å². The Kier molecular flexibility index (Phi) is 4.53. The Hall–Kier alpha value is -1.42. The molecule has 1 aromatic rings. The summed E-state index contributed by atoms with van der Waals surface area (Å²) in [6.45, 7) is 2.77. The molecule has 0 saturated heterocycles. The van der Waals surface area contributed by atoms with Gasteiger partial charge in [-0.15, -0.1) is 0 Å². The Balaban J connectivity index is 2.00. The highest BCUT2D eigenvalue weighted by Gasteiger charge is 2.20. The molecule has 1 fully saturated rings. The van der Waals surface area contributed by atoms with Crippen molar-refractivity contribution in [3.8, 4) is 17.2 Å². The van der Waals surface area contributed by atoms with Gasteiger partial charge in [-0.2, -0.15) is 0 Å². The standard InChI is InChI=1S/C15H23NO3/c1-10-5-3-2-4-6-12(10)16-9-11-7-8-13(17)15(19)14(11)18/h7-8,10,12,16-19H,2-6,9H2,1H3. The predicted molar refractivity (Wildman–Crippen MR) is 74.3 cm³/mol. The van der Waals surface area contributed by atoms with Gasteiger partial charge in [0.15, 0.2) is 11.5 Å². The first-order valence-electron chi connectivity index (χ1n) is 7.05. The first-order chi connectivity index (χ1) is 9.09. The zero-order valence-corrected chi connectivity index (χ0v) is 11.4. The van der Waals surface area contributed by atoms with Crippen LogP contribution in [0.25, 0.3) is 0 Å². The third-order valence-corrected chi connectivity index (χ3v) is 4.13. The quantitative estimate of drug-likeness (QED) is 0.501. The molecular formula is C15H23NO3. The van der Waals surface area contributed by atoms with Crippen LogP contribution in [-0.2, 0) is 6.54 Å². The summed E-state index contributed by atoms with van der Waals surface area (Å²) in [4.78, 5) is 0. The van der Waals surface area contributed by atoms with Gasteiger partial charge >= 0.3 is 0 Å². The van der Waals surface area contributed by atoms with E-state index in [4.69, 9.17) is 0 Å². The zero-order valence-electron chi connectivity index (χ0n) is 11.4. The molecule has 2 atom stereocenters. The lowest BCUT2D eigenvalue weighted by Crippen LogP contribution is -2.33. The first kappa shape index (κ1) is 14.0. The molecule has 2 unspecified atom stereocenters. The molecule has 19 heavy (non-hydrogen) atoms. The lowest BCUT2D eigenvalue weighted by molar-refractivity contribution is 0.344. The molecule has 0 heterocycles. The SMILES string of the molecule is CC1CCCCCC1NCc1ccc(O)c(O)c1O. The monoisotopic (exact) mass is 265 g/mol. The second-order valence-corrected chi connectivity index (χ2v) is 5.54. The van der Waals surface area contributed by atoms with Crippen molar-refractivity contribution in [2.75, 3.05) is 0 Å². The average Bonchev–Trinajstić information content (AvgIpc) is 2.60. The van der Waals surface area contributed by atoms with E-state index in [1.165, 1.54) is 31.7 Å². The Bertz CT molecular complexity index is 434. The van der Waals surface area contributed by atoms with E-state index in [1.54, 1.807) is 6.07 Å². The van der Waals surface area contributed by atoms with Crippen LogP contribution in [0.1, 0.15) is 44.6 Å². The highest BCUT2D eigenvalue weighted by atomic mass is 16.3. The number of rotatable bonds is 3. The van der Waals surface area contributed by atoms with Crippen molar-refractivity contribution >= 4 is 0 Å². The molecule has 1 aliphatic carbocycles. The van der Waals surface area contributed by atoms with Gasteiger partial charge in [0.05, 0.1) is 0 Å². The minimum atomic E-state index is -0.437. The molecule has 1 saturated carbocycles. The Labute approximate surface area is 114 Å². The maximum absolute atomic E-state index is 9.78. The molecule has 4 nitrogen and oxygen atoms in total. The summed E-state index contributed by atoms with van der Waals surface area (Å²) in [5, 5.41) is 32.0. The third kappa shape index (κ3) is 3.32. The molecule has 0 aromatic heterocycles. The maximum Gasteiger partial charge on any atom is 0.200 e. The van der Waals surface area contributed by atoms with Gasteiger partial charge in [0.25, 0.3) is 0 Å². The van der Waals surface area contributed by atoms with E-state index in [-0.39, 0.29) is 11.5 Å². The summed E-state index contributed by atoms with van der Waals surface area (Å²) in [7, 11) is 0. The summed E-state index contributed by atoms with van der Waals surface area (Å²) in [6, 6.07) is 3.50. The first-order valence-corrected chi connectivity index (χ1v) is 7.05. The van der Waals surface area contributed by atoms with Crippen molar-refractivity contribution in [3.05, 3.63) is 17.7 Å². The number of benzene rings is 1. The second kappa shape index (κ2) is 6.15. The van der Waals surface area contributed by atoms with Gasteiger partial charge in [-0.25, -0.2) is 0 Å². The van der Waals surface area contributed by atoms with Crippen LogP contribution in [0.15, 0.2) is 12.1 Å². The van der Waals surface area contributed by atoms with Gasteiger partial charge < -0.3 is 20.6 Å². The highest BCUT2D eigenvalue weighted by molar-refractivity contribution is 5.53. The van der Waals surface area contributed by atoms with Gasteiger partial charge in [-0.1, -0.05) is 32.3 Å². The number of nitrogens with one attached hydrogen (secondary N) is 1. The van der Waals surface area contributed by atoms with Gasteiger partial charge in [0, 0.05) is 18.2 Å². The van der Waals surface area contributed by atoms with Crippen molar-refractivity contribution in [1.82, 2.24) is 5.32 Å². The Morgan fingerprint density at radius 2 is 1.79 bits per heavy atom. The van der Waals surface area contributed by atoms with E-state index in [9.17, 15) is 15.3 Å². The number of hydrogen-bond donors (Lipinski definition) is 4. The minimum absolute atomic E-state index is 0.228. The molecule has 0 aliphatic heterocycles. The van der Waals surface area contributed by atoms with E-state index in [2.05, 4.69) is 12.2 Å². The summed E-state index contributed by atoms with van der Waals surface area (Å²) in [6.07, 6.45) is 6.24. The molecule has 0 spiro atoms. The highest BCUT2D eigenvalue weighted by Crippen LogP contribution is 2.37. The van der Waals surface area contributed by atoms with E-state index in [0.717, 1.165) is 6.42 Å². The van der Waals surface area contributed by atoms with Crippen LogP contribution in [0, 0.1) is 5.92 Å². The van der Waals surface area contributed by atoms with Crippen LogP contribution in [0.5, 0.6) is 17.2 Å². The second-order valence-electron chi connectivity index (χ2n) is 5.54. The average molecular weight is 265 g/mol. The van der Waals surface area contributed by atoms with E-state index in [0.29, 0.717) is 24.1 Å². The third-order valence-electron chi connectivity index (χ3n) is 4.13. The van der Waals surface area contributed by atoms with Gasteiger partial charge in [-0.3, -0.25) is 0 Å². The molecule has 106 valence electrons. The maximum atomic E-state index is 9.78. The molecule has 4 heteroatoms. The van der Waals surface area contributed by atoms with E-state index < -0.39 is 5.75 Å². The van der Waals surface area contributed by atoms with Crippen molar-refractivity contribution in [2.45, 2.75) is 51.6 Å². The van der Waals surface area contributed by atoms with Crippen LogP contribution in [0.3, 0.4) is 0 Å². The van der Waals surface area contributed by atoms with Crippen LogP contribution in [0.4, 0.5) is 0 Å². The summed E-state index contributed by atoms with van der Waals surface area (Å²) in [5.41, 5.74) is 0.617. The number of hydrogen-bond acceptors (Lipinski definition) is 4. The summed E-state index contributed by atoms with van der Waals surface area (Å²) >= 11 is 0. The molecule has 0 bridgehead atoms. The van der Waals surface area contributed by atoms with E-state index >= 15 is 0 Å². The molecule has 4 N–H and O–H groups in total. The summed E-state index contributed by atoms with van der Waals surface area (Å²) < 4.78 is 0. The molecule has 1 aromatic carbocycles. The van der Waals surface area contributed by atoms with Crippen LogP contribution >= 0.6 is 0 Å². The zero-order chi connectivity index (χ0) is 13.8.